The van der Waals surface area contributed by atoms with Crippen molar-refractivity contribution < 1.29 is 19.1 Å². The zero-order chi connectivity index (χ0) is 27.4. The van der Waals surface area contributed by atoms with Crippen molar-refractivity contribution in [3.8, 4) is 5.75 Å². The van der Waals surface area contributed by atoms with Crippen molar-refractivity contribution in [2.75, 3.05) is 20.2 Å². The minimum Gasteiger partial charge on any atom is -0.493 e. The molecule has 2 N–H and O–H groups in total. The molecule has 0 saturated heterocycles. The van der Waals surface area contributed by atoms with E-state index in [2.05, 4.69) is 17.6 Å². The molecule has 9 heteroatoms. The lowest BCUT2D eigenvalue weighted by Crippen LogP contribution is -2.54. The van der Waals surface area contributed by atoms with Gasteiger partial charge in [0.05, 0.1) is 6.61 Å². The first-order chi connectivity index (χ1) is 17.7. The third-order valence-electron chi connectivity index (χ3n) is 6.08. The number of likely N-dealkylation sites (N-methyl/N-ethyl adjacent to an activating group) is 1. The Morgan fingerprint density at radius 3 is 2.43 bits per heavy atom. The second-order valence-electron chi connectivity index (χ2n) is 8.89. The Kier molecular flexibility index (Phi) is 12.7. The Labute approximate surface area is 229 Å². The van der Waals surface area contributed by atoms with E-state index in [0.29, 0.717) is 35.2 Å². The van der Waals surface area contributed by atoms with Crippen molar-refractivity contribution in [2.24, 2.45) is 0 Å². The predicted molar refractivity (Wildman–Crippen MR) is 148 cm³/mol. The first kappa shape index (κ1) is 30.5. The van der Waals surface area contributed by atoms with E-state index in [1.807, 2.05) is 24.3 Å². The van der Waals surface area contributed by atoms with Gasteiger partial charge in [-0.15, -0.1) is 0 Å². The van der Waals surface area contributed by atoms with Gasteiger partial charge in [-0.05, 0) is 55.5 Å². The zero-order valence-corrected chi connectivity index (χ0v) is 23.5. The summed E-state index contributed by atoms with van der Waals surface area (Å²) in [6.45, 7) is 6.50. The summed E-state index contributed by atoms with van der Waals surface area (Å²) >= 11 is 12.4. The van der Waals surface area contributed by atoms with Crippen LogP contribution in [0.3, 0.4) is 0 Å². The summed E-state index contributed by atoms with van der Waals surface area (Å²) in [4.78, 5) is 39.5. The number of carbonyl (C=O) groups is 3. The normalized spacial score (nSPS) is 12.4. The van der Waals surface area contributed by atoms with Gasteiger partial charge in [0, 0.05) is 36.5 Å². The van der Waals surface area contributed by atoms with Crippen LogP contribution in [0.15, 0.2) is 42.5 Å². The third kappa shape index (κ3) is 9.56. The molecule has 0 aliphatic heterocycles. The monoisotopic (exact) mass is 549 g/mol. The molecule has 0 aliphatic carbocycles. The maximum absolute atomic E-state index is 13.2. The number of hydrogen-bond donors (Lipinski definition) is 2. The van der Waals surface area contributed by atoms with Crippen LogP contribution < -0.4 is 15.4 Å². The molecule has 0 spiro atoms. The molecule has 0 heterocycles. The van der Waals surface area contributed by atoms with Crippen LogP contribution in [0.25, 0.3) is 0 Å². The number of aryl methyl sites for hydroxylation is 1. The van der Waals surface area contributed by atoms with Gasteiger partial charge in [-0.1, -0.05) is 61.3 Å². The van der Waals surface area contributed by atoms with Gasteiger partial charge in [-0.2, -0.15) is 0 Å². The lowest BCUT2D eigenvalue weighted by atomic mass is 10.0. The molecule has 0 bridgehead atoms. The van der Waals surface area contributed by atoms with Crippen LogP contribution in [0.2, 0.25) is 10.0 Å². The molecule has 0 radical (unpaired) electrons. The Balaban J connectivity index is 2.06. The average Bonchev–Trinajstić information content (AvgIpc) is 2.89. The summed E-state index contributed by atoms with van der Waals surface area (Å²) in [5.74, 6) is -0.0476. The minimum absolute atomic E-state index is 0.160. The molecule has 0 fully saturated rings. The Hall–Kier alpha value is -2.77. The van der Waals surface area contributed by atoms with Crippen molar-refractivity contribution in [2.45, 2.75) is 65.0 Å². The molecule has 37 heavy (non-hydrogen) atoms. The van der Waals surface area contributed by atoms with Crippen LogP contribution in [0.5, 0.6) is 5.75 Å². The average molecular weight is 551 g/mol. The standard InChI is InChI=1S/C28H37Cl2N3O4/c1-5-16-37-25-12-8-7-10-20(25)11-9-15-31-28(36)24(17-21-13-14-22(29)18-23(21)30)32-27(35)19(3)33(4)26(34)6-2/h7-8,10,12-14,18-19,24H,5-6,9,11,15-17H2,1-4H3,(H,31,36)(H,32,35)/t19-,24-/m1/s1. The highest BCUT2D eigenvalue weighted by molar-refractivity contribution is 6.35. The van der Waals surface area contributed by atoms with Crippen LogP contribution in [-0.2, 0) is 27.2 Å². The number of rotatable bonds is 14. The molecule has 2 aromatic carbocycles. The van der Waals surface area contributed by atoms with Gasteiger partial charge in [-0.25, -0.2) is 0 Å². The molecule has 0 unspecified atom stereocenters. The molecule has 3 amide bonds. The van der Waals surface area contributed by atoms with Crippen LogP contribution in [0, 0.1) is 0 Å². The van der Waals surface area contributed by atoms with E-state index in [1.54, 1.807) is 39.1 Å². The number of benzene rings is 2. The summed E-state index contributed by atoms with van der Waals surface area (Å²) < 4.78 is 5.81. The molecule has 2 atom stereocenters. The highest BCUT2D eigenvalue weighted by Crippen LogP contribution is 2.23. The molecule has 0 saturated carbocycles. The fourth-order valence-electron chi connectivity index (χ4n) is 3.73. The van der Waals surface area contributed by atoms with E-state index in [9.17, 15) is 14.4 Å². The number of ether oxygens (including phenoxy) is 1. The largest absolute Gasteiger partial charge is 0.493 e. The molecule has 0 aliphatic rings. The van der Waals surface area contributed by atoms with Crippen LogP contribution in [-0.4, -0.2) is 54.9 Å². The van der Waals surface area contributed by atoms with E-state index in [4.69, 9.17) is 27.9 Å². The fraction of sp³-hybridized carbons (Fsp3) is 0.464. The molecule has 202 valence electrons. The van der Waals surface area contributed by atoms with Gasteiger partial charge in [0.15, 0.2) is 0 Å². The number of amides is 3. The van der Waals surface area contributed by atoms with Crippen LogP contribution in [0.4, 0.5) is 0 Å². The molecule has 0 aromatic heterocycles. The summed E-state index contributed by atoms with van der Waals surface area (Å²) in [5, 5.41) is 6.62. The van der Waals surface area contributed by atoms with Crippen molar-refractivity contribution in [3.63, 3.8) is 0 Å². The second-order valence-corrected chi connectivity index (χ2v) is 9.73. The molecule has 2 aromatic rings. The SMILES string of the molecule is CCCOc1ccccc1CCCNC(=O)[C@@H](Cc1ccc(Cl)cc1Cl)NC(=O)[C@@H](C)N(C)C(=O)CC. The lowest BCUT2D eigenvalue weighted by Gasteiger charge is -2.26. The Morgan fingerprint density at radius 2 is 1.76 bits per heavy atom. The molecular formula is C28H37Cl2N3O4. The number of hydrogen-bond acceptors (Lipinski definition) is 4. The fourth-order valence-corrected chi connectivity index (χ4v) is 4.21. The molecule has 2 rings (SSSR count). The summed E-state index contributed by atoms with van der Waals surface area (Å²) in [6, 6.07) is 11.3. The van der Waals surface area contributed by atoms with Gasteiger partial charge in [0.2, 0.25) is 17.7 Å². The molecular weight excluding hydrogens is 513 g/mol. The van der Waals surface area contributed by atoms with Gasteiger partial charge in [-0.3, -0.25) is 14.4 Å². The van der Waals surface area contributed by atoms with Gasteiger partial charge in [0.25, 0.3) is 0 Å². The van der Waals surface area contributed by atoms with Crippen LogP contribution >= 0.6 is 23.2 Å². The van der Waals surface area contributed by atoms with Gasteiger partial charge >= 0.3 is 0 Å². The maximum atomic E-state index is 13.2. The second kappa shape index (κ2) is 15.5. The Morgan fingerprint density at radius 1 is 1.03 bits per heavy atom. The highest BCUT2D eigenvalue weighted by atomic mass is 35.5. The number of para-hydroxylation sites is 1. The number of nitrogens with zero attached hydrogens (tertiary/aromatic N) is 1. The summed E-state index contributed by atoms with van der Waals surface area (Å²) in [7, 11) is 1.57. The Bertz CT molecular complexity index is 1060. The van der Waals surface area contributed by atoms with Crippen molar-refractivity contribution >= 4 is 40.9 Å². The van der Waals surface area contributed by atoms with E-state index in [-0.39, 0.29) is 24.7 Å². The van der Waals surface area contributed by atoms with E-state index in [0.717, 1.165) is 24.2 Å². The van der Waals surface area contributed by atoms with Crippen LogP contribution in [0.1, 0.15) is 51.2 Å². The van der Waals surface area contributed by atoms with E-state index in [1.165, 1.54) is 4.90 Å². The van der Waals surface area contributed by atoms with E-state index >= 15 is 0 Å². The first-order valence-corrected chi connectivity index (χ1v) is 13.4. The molecule has 7 nitrogen and oxygen atoms in total. The number of halogens is 2. The first-order valence-electron chi connectivity index (χ1n) is 12.7. The highest BCUT2D eigenvalue weighted by Gasteiger charge is 2.27. The van der Waals surface area contributed by atoms with Crippen molar-refractivity contribution in [3.05, 3.63) is 63.6 Å². The minimum atomic E-state index is -0.876. The summed E-state index contributed by atoms with van der Waals surface area (Å²) in [5.41, 5.74) is 1.76. The van der Waals surface area contributed by atoms with Gasteiger partial charge < -0.3 is 20.3 Å². The third-order valence-corrected chi connectivity index (χ3v) is 6.67. The maximum Gasteiger partial charge on any atom is 0.243 e. The summed E-state index contributed by atoms with van der Waals surface area (Å²) in [6.07, 6.45) is 2.83. The topological polar surface area (TPSA) is 87.7 Å². The van der Waals surface area contributed by atoms with Gasteiger partial charge in [0.1, 0.15) is 17.8 Å². The number of nitrogens with one attached hydrogen (secondary N) is 2. The van der Waals surface area contributed by atoms with E-state index < -0.39 is 18.0 Å². The quantitative estimate of drug-likeness (QED) is 0.331. The van der Waals surface area contributed by atoms with Crippen molar-refractivity contribution in [1.82, 2.24) is 15.5 Å². The smallest absolute Gasteiger partial charge is 0.243 e. The predicted octanol–water partition coefficient (Wildman–Crippen LogP) is 4.82. The van der Waals surface area contributed by atoms with Crippen molar-refractivity contribution in [1.29, 1.82) is 0 Å². The number of carbonyl (C=O) groups excluding carboxylic acids is 3. The lowest BCUT2D eigenvalue weighted by molar-refractivity contribution is -0.139. The zero-order valence-electron chi connectivity index (χ0n) is 22.0.